The molecule has 1 fully saturated rings. The third-order valence-corrected chi connectivity index (χ3v) is 6.76. The number of methoxy groups -OCH3 is 1. The van der Waals surface area contributed by atoms with E-state index >= 15 is 0 Å². The Labute approximate surface area is 192 Å². The lowest BCUT2D eigenvalue weighted by Crippen LogP contribution is -2.47. The minimum absolute atomic E-state index is 0.351. The molecule has 0 bridgehead atoms. The highest BCUT2D eigenvalue weighted by Crippen LogP contribution is 2.42. The molecule has 1 aromatic carbocycles. The lowest BCUT2D eigenvalue weighted by atomic mass is 9.75. The SMILES string of the molecule is CCCN1CCN(c2cc(OCCOC)ccc2C(CC(C)C)CC(C)(C)CC)CC1. The van der Waals surface area contributed by atoms with Crippen molar-refractivity contribution in [3.8, 4) is 5.75 Å². The summed E-state index contributed by atoms with van der Waals surface area (Å²) in [4.78, 5) is 5.21. The van der Waals surface area contributed by atoms with Gasteiger partial charge in [0.25, 0.3) is 0 Å². The highest BCUT2D eigenvalue weighted by Gasteiger charge is 2.28. The van der Waals surface area contributed by atoms with Gasteiger partial charge in [-0.15, -0.1) is 0 Å². The molecule has 2 rings (SSSR count). The van der Waals surface area contributed by atoms with E-state index in [0.29, 0.717) is 30.5 Å². The number of piperazine rings is 1. The van der Waals surface area contributed by atoms with Gasteiger partial charge in [0.2, 0.25) is 0 Å². The van der Waals surface area contributed by atoms with E-state index in [-0.39, 0.29) is 0 Å². The van der Waals surface area contributed by atoms with E-state index in [9.17, 15) is 0 Å². The van der Waals surface area contributed by atoms with Crippen molar-refractivity contribution in [1.29, 1.82) is 0 Å². The summed E-state index contributed by atoms with van der Waals surface area (Å²) in [5.41, 5.74) is 3.26. The van der Waals surface area contributed by atoms with Gasteiger partial charge in [-0.2, -0.15) is 0 Å². The molecule has 4 heteroatoms. The second-order valence-electron chi connectivity index (χ2n) is 10.4. The largest absolute Gasteiger partial charge is 0.491 e. The van der Waals surface area contributed by atoms with Gasteiger partial charge in [-0.25, -0.2) is 0 Å². The van der Waals surface area contributed by atoms with Gasteiger partial charge in [-0.05, 0) is 54.7 Å². The summed E-state index contributed by atoms with van der Waals surface area (Å²) in [6, 6.07) is 6.83. The van der Waals surface area contributed by atoms with Crippen LogP contribution in [0.5, 0.6) is 5.75 Å². The van der Waals surface area contributed by atoms with E-state index < -0.39 is 0 Å². The maximum absolute atomic E-state index is 6.01. The Balaban J connectivity index is 2.34. The number of hydrogen-bond acceptors (Lipinski definition) is 4. The van der Waals surface area contributed by atoms with E-state index in [1.54, 1.807) is 7.11 Å². The Morgan fingerprint density at radius 3 is 2.32 bits per heavy atom. The molecule has 0 aliphatic carbocycles. The highest BCUT2D eigenvalue weighted by atomic mass is 16.5. The van der Waals surface area contributed by atoms with Crippen molar-refractivity contribution in [3.05, 3.63) is 23.8 Å². The molecule has 0 radical (unpaired) electrons. The van der Waals surface area contributed by atoms with Crippen molar-refractivity contribution >= 4 is 5.69 Å². The Hall–Kier alpha value is -1.26. The molecule has 0 N–H and O–H groups in total. The van der Waals surface area contributed by atoms with Crippen LogP contribution in [-0.4, -0.2) is 57.9 Å². The molecule has 1 atom stereocenters. The highest BCUT2D eigenvalue weighted by molar-refractivity contribution is 5.59. The summed E-state index contributed by atoms with van der Waals surface area (Å²) in [6.07, 6.45) is 4.91. The molecule has 1 aliphatic heterocycles. The molecule has 4 nitrogen and oxygen atoms in total. The Morgan fingerprint density at radius 1 is 1.03 bits per heavy atom. The molecule has 0 aromatic heterocycles. The van der Waals surface area contributed by atoms with Gasteiger partial charge in [0, 0.05) is 45.0 Å². The van der Waals surface area contributed by atoms with Crippen molar-refractivity contribution in [2.45, 2.75) is 73.1 Å². The molecule has 0 saturated carbocycles. The predicted molar refractivity (Wildman–Crippen MR) is 134 cm³/mol. The molecule has 178 valence electrons. The molecule has 1 aromatic rings. The Bertz CT molecular complexity index is 636. The molecule has 1 unspecified atom stereocenters. The van der Waals surface area contributed by atoms with Crippen molar-refractivity contribution in [2.24, 2.45) is 11.3 Å². The second kappa shape index (κ2) is 12.7. The molecule has 1 aliphatic rings. The normalized spacial score (nSPS) is 16.7. The molecule has 1 saturated heterocycles. The molecule has 1 heterocycles. The summed E-state index contributed by atoms with van der Waals surface area (Å²) in [5.74, 6) is 2.22. The summed E-state index contributed by atoms with van der Waals surface area (Å²) in [6.45, 7) is 21.1. The summed E-state index contributed by atoms with van der Waals surface area (Å²) < 4.78 is 11.2. The zero-order valence-electron chi connectivity index (χ0n) is 21.4. The van der Waals surface area contributed by atoms with Crippen molar-refractivity contribution in [1.82, 2.24) is 4.90 Å². The van der Waals surface area contributed by atoms with E-state index in [1.165, 1.54) is 43.5 Å². The maximum atomic E-state index is 6.01. The number of benzene rings is 1. The quantitative estimate of drug-likeness (QED) is 0.346. The lowest BCUT2D eigenvalue weighted by molar-refractivity contribution is 0.146. The zero-order valence-corrected chi connectivity index (χ0v) is 21.4. The molecule has 0 amide bonds. The van der Waals surface area contributed by atoms with Gasteiger partial charge in [0.15, 0.2) is 0 Å². The standard InChI is InChI=1S/C27H48N2O2/c1-8-12-28-13-15-29(16-14-28)26-20-24(31-18-17-30-7)10-11-25(26)23(19-22(3)4)21-27(5,6)9-2/h10-11,20,22-23H,8-9,12-19,21H2,1-7H3. The average Bonchev–Trinajstić information content (AvgIpc) is 2.74. The van der Waals surface area contributed by atoms with Crippen LogP contribution in [-0.2, 0) is 4.74 Å². The van der Waals surface area contributed by atoms with Crippen LogP contribution < -0.4 is 9.64 Å². The first-order chi connectivity index (χ1) is 14.8. The van der Waals surface area contributed by atoms with E-state index in [0.717, 1.165) is 31.9 Å². The van der Waals surface area contributed by atoms with Crippen LogP contribution in [0.15, 0.2) is 18.2 Å². The summed E-state index contributed by atoms with van der Waals surface area (Å²) in [5, 5.41) is 0. The van der Waals surface area contributed by atoms with Gasteiger partial charge in [0.1, 0.15) is 12.4 Å². The van der Waals surface area contributed by atoms with Gasteiger partial charge >= 0.3 is 0 Å². The maximum Gasteiger partial charge on any atom is 0.121 e. The van der Waals surface area contributed by atoms with Gasteiger partial charge in [-0.1, -0.05) is 54.0 Å². The third kappa shape index (κ3) is 8.31. The number of rotatable bonds is 13. The number of nitrogens with zero attached hydrogens (tertiary/aromatic N) is 2. The van der Waals surface area contributed by atoms with Gasteiger partial charge in [0.05, 0.1) is 6.61 Å². The predicted octanol–water partition coefficient (Wildman–Crippen LogP) is 6.20. The second-order valence-corrected chi connectivity index (χ2v) is 10.4. The van der Waals surface area contributed by atoms with Crippen LogP contribution in [0.1, 0.15) is 78.7 Å². The monoisotopic (exact) mass is 432 g/mol. The lowest BCUT2D eigenvalue weighted by Gasteiger charge is -2.39. The van der Waals surface area contributed by atoms with Crippen LogP contribution >= 0.6 is 0 Å². The van der Waals surface area contributed by atoms with Gasteiger partial charge < -0.3 is 14.4 Å². The Kier molecular flexibility index (Phi) is 10.6. The minimum atomic E-state index is 0.351. The van der Waals surface area contributed by atoms with Crippen LogP contribution in [0.3, 0.4) is 0 Å². The first-order valence-electron chi connectivity index (χ1n) is 12.5. The minimum Gasteiger partial charge on any atom is -0.491 e. The zero-order chi connectivity index (χ0) is 22.9. The topological polar surface area (TPSA) is 24.9 Å². The summed E-state index contributed by atoms with van der Waals surface area (Å²) in [7, 11) is 1.72. The fraction of sp³-hybridized carbons (Fsp3) is 0.778. The average molecular weight is 433 g/mol. The molecular weight excluding hydrogens is 384 g/mol. The molecule has 31 heavy (non-hydrogen) atoms. The van der Waals surface area contributed by atoms with Crippen LogP contribution in [0.2, 0.25) is 0 Å². The molecular formula is C27H48N2O2. The first kappa shape index (κ1) is 26.0. The number of hydrogen-bond donors (Lipinski definition) is 0. The van der Waals surface area contributed by atoms with Crippen LogP contribution in [0.25, 0.3) is 0 Å². The van der Waals surface area contributed by atoms with E-state index in [4.69, 9.17) is 9.47 Å². The number of ether oxygens (including phenoxy) is 2. The fourth-order valence-corrected chi connectivity index (χ4v) is 4.70. The smallest absolute Gasteiger partial charge is 0.121 e. The Morgan fingerprint density at radius 2 is 1.74 bits per heavy atom. The third-order valence-electron chi connectivity index (χ3n) is 6.76. The molecule has 0 spiro atoms. The van der Waals surface area contributed by atoms with Crippen molar-refractivity contribution < 1.29 is 9.47 Å². The summed E-state index contributed by atoms with van der Waals surface area (Å²) >= 11 is 0. The van der Waals surface area contributed by atoms with E-state index in [1.807, 2.05) is 0 Å². The van der Waals surface area contributed by atoms with Crippen LogP contribution in [0, 0.1) is 11.3 Å². The van der Waals surface area contributed by atoms with Gasteiger partial charge in [-0.3, -0.25) is 4.90 Å². The van der Waals surface area contributed by atoms with E-state index in [2.05, 4.69) is 69.5 Å². The fourth-order valence-electron chi connectivity index (χ4n) is 4.70. The van der Waals surface area contributed by atoms with Crippen molar-refractivity contribution in [2.75, 3.05) is 57.9 Å². The number of anilines is 1. The van der Waals surface area contributed by atoms with Crippen molar-refractivity contribution in [3.63, 3.8) is 0 Å². The van der Waals surface area contributed by atoms with Crippen LogP contribution in [0.4, 0.5) is 5.69 Å². The first-order valence-corrected chi connectivity index (χ1v) is 12.5.